The average molecular weight is 420 g/mol. The fraction of sp³-hybridized carbons (Fsp3) is 0.423. The molecule has 5 heteroatoms. The molecule has 2 bridgehead atoms. The number of hydrogen-bond donors (Lipinski definition) is 1. The lowest BCUT2D eigenvalue weighted by molar-refractivity contribution is -0.154. The molecule has 2 aromatic rings. The Morgan fingerprint density at radius 3 is 1.94 bits per heavy atom. The molecule has 1 saturated carbocycles. The van der Waals surface area contributed by atoms with Gasteiger partial charge in [-0.2, -0.15) is 0 Å². The summed E-state index contributed by atoms with van der Waals surface area (Å²) in [6.45, 7) is 7.22. The first-order chi connectivity index (χ1) is 14.5. The quantitative estimate of drug-likeness (QED) is 0.693. The Bertz CT molecular complexity index is 1040. The van der Waals surface area contributed by atoms with Crippen molar-refractivity contribution in [2.75, 3.05) is 4.90 Å². The van der Waals surface area contributed by atoms with Crippen LogP contribution < -0.4 is 4.90 Å². The van der Waals surface area contributed by atoms with Crippen molar-refractivity contribution in [1.82, 2.24) is 0 Å². The zero-order valence-electron chi connectivity index (χ0n) is 18.6. The van der Waals surface area contributed by atoms with Crippen LogP contribution >= 0.6 is 0 Å². The lowest BCUT2D eigenvalue weighted by atomic mass is 9.67. The van der Waals surface area contributed by atoms with Gasteiger partial charge in [0.25, 0.3) is 0 Å². The molecule has 2 amide bonds. The third-order valence-electron chi connectivity index (χ3n) is 7.30. The zero-order valence-corrected chi connectivity index (χ0v) is 18.6. The second-order valence-electron chi connectivity index (χ2n) is 10.2. The highest BCUT2D eigenvalue weighted by atomic mass is 16.4. The maximum absolute atomic E-state index is 13.9. The van der Waals surface area contributed by atoms with Crippen LogP contribution in [0.5, 0.6) is 0 Å². The number of aliphatic carboxylic acids is 1. The molecule has 1 heterocycles. The molecular formula is C26H29NO4. The van der Waals surface area contributed by atoms with Crippen molar-refractivity contribution in [2.24, 2.45) is 16.2 Å². The van der Waals surface area contributed by atoms with Crippen LogP contribution in [0.25, 0.3) is 11.1 Å². The van der Waals surface area contributed by atoms with Gasteiger partial charge in [0.05, 0.1) is 11.1 Å². The molecule has 0 spiro atoms. The molecule has 5 nitrogen and oxygen atoms in total. The number of fused-ring (bicyclic) bond motifs is 3. The van der Waals surface area contributed by atoms with E-state index in [4.69, 9.17) is 0 Å². The van der Waals surface area contributed by atoms with Gasteiger partial charge in [0, 0.05) is 10.8 Å². The number of amides is 2. The van der Waals surface area contributed by atoms with E-state index in [1.54, 1.807) is 6.92 Å². The van der Waals surface area contributed by atoms with Gasteiger partial charge in [-0.1, -0.05) is 56.3 Å². The van der Waals surface area contributed by atoms with Crippen LogP contribution in [0.4, 0.5) is 5.69 Å². The van der Waals surface area contributed by atoms with Crippen molar-refractivity contribution < 1.29 is 19.5 Å². The molecule has 2 aromatic carbocycles. The van der Waals surface area contributed by atoms with Gasteiger partial charge in [0.2, 0.25) is 11.8 Å². The van der Waals surface area contributed by atoms with Crippen molar-refractivity contribution in [3.8, 4) is 11.1 Å². The Kier molecular flexibility index (Phi) is 4.84. The van der Waals surface area contributed by atoms with Crippen molar-refractivity contribution in [3.63, 3.8) is 0 Å². The summed E-state index contributed by atoms with van der Waals surface area (Å²) >= 11 is 0. The Morgan fingerprint density at radius 1 is 0.871 bits per heavy atom. The van der Waals surface area contributed by atoms with Gasteiger partial charge < -0.3 is 5.11 Å². The molecule has 31 heavy (non-hydrogen) atoms. The second-order valence-corrected chi connectivity index (χ2v) is 10.2. The van der Waals surface area contributed by atoms with Crippen LogP contribution in [0.1, 0.15) is 52.0 Å². The lowest BCUT2D eigenvalue weighted by Crippen LogP contribution is -2.54. The molecule has 0 aromatic heterocycles. The summed E-state index contributed by atoms with van der Waals surface area (Å²) in [5, 5.41) is 9.93. The van der Waals surface area contributed by atoms with Crippen molar-refractivity contribution in [2.45, 2.75) is 53.4 Å². The van der Waals surface area contributed by atoms with Crippen molar-refractivity contribution in [1.29, 1.82) is 0 Å². The number of carbonyl (C=O) groups excluding carboxylic acids is 2. The standard InChI is InChI=1S/C26H29NO4/c1-17-10-11-19(18-8-6-5-7-9-18)14-20(17)27-21(28)24(2)12-13-25(3,22(27)29)16-26(4,15-24)23(30)31/h5-11,14H,12-13,15-16H2,1-4H3,(H,30,31)/t24-,25?,26?/m1/s1. The highest BCUT2D eigenvalue weighted by Crippen LogP contribution is 2.55. The van der Waals surface area contributed by atoms with Gasteiger partial charge in [0.15, 0.2) is 0 Å². The molecule has 1 aliphatic carbocycles. The lowest BCUT2D eigenvalue weighted by Gasteiger charge is -2.42. The van der Waals surface area contributed by atoms with E-state index in [1.807, 2.05) is 69.3 Å². The predicted octanol–water partition coefficient (Wildman–Crippen LogP) is 5.21. The van der Waals surface area contributed by atoms with Gasteiger partial charge in [-0.25, -0.2) is 4.90 Å². The van der Waals surface area contributed by atoms with Crippen LogP contribution in [0.3, 0.4) is 0 Å². The maximum Gasteiger partial charge on any atom is 0.309 e. The van der Waals surface area contributed by atoms with Crippen molar-refractivity contribution >= 4 is 23.5 Å². The van der Waals surface area contributed by atoms with E-state index >= 15 is 0 Å². The topological polar surface area (TPSA) is 74.7 Å². The largest absolute Gasteiger partial charge is 0.481 e. The van der Waals surface area contributed by atoms with Crippen LogP contribution in [-0.2, 0) is 14.4 Å². The van der Waals surface area contributed by atoms with Crippen LogP contribution in [0.15, 0.2) is 48.5 Å². The number of hydrogen-bond acceptors (Lipinski definition) is 3. The van der Waals surface area contributed by atoms with Gasteiger partial charge in [-0.05, 0) is 62.3 Å². The first-order valence-electron chi connectivity index (χ1n) is 10.8. The zero-order chi connectivity index (χ0) is 22.6. The SMILES string of the molecule is Cc1ccc(-c2ccccc2)cc1N1C(=O)C2(C)CC[C@](C)(CC(C)(C(=O)O)C2)C1=O. The Balaban J connectivity index is 1.87. The van der Waals surface area contributed by atoms with Crippen LogP contribution in [0.2, 0.25) is 0 Å². The van der Waals surface area contributed by atoms with E-state index in [-0.39, 0.29) is 24.7 Å². The Labute approximate surface area is 183 Å². The molecule has 1 N–H and O–H groups in total. The van der Waals surface area contributed by atoms with E-state index < -0.39 is 22.2 Å². The van der Waals surface area contributed by atoms with Gasteiger partial charge in [0.1, 0.15) is 0 Å². The summed E-state index contributed by atoms with van der Waals surface area (Å²) in [4.78, 5) is 41.2. The molecule has 2 fully saturated rings. The fourth-order valence-corrected chi connectivity index (χ4v) is 5.54. The fourth-order valence-electron chi connectivity index (χ4n) is 5.54. The minimum Gasteiger partial charge on any atom is -0.481 e. The molecule has 1 saturated heterocycles. The third-order valence-corrected chi connectivity index (χ3v) is 7.30. The van der Waals surface area contributed by atoms with E-state index in [1.165, 1.54) is 4.90 Å². The van der Waals surface area contributed by atoms with Gasteiger partial charge in [-0.3, -0.25) is 14.4 Å². The number of carbonyl (C=O) groups is 3. The highest BCUT2D eigenvalue weighted by molar-refractivity contribution is 6.20. The van der Waals surface area contributed by atoms with E-state index in [2.05, 4.69) is 0 Å². The van der Waals surface area contributed by atoms with E-state index in [0.717, 1.165) is 16.7 Å². The number of aryl methyl sites for hydroxylation is 1. The summed E-state index contributed by atoms with van der Waals surface area (Å²) in [5.74, 6) is -1.52. The van der Waals surface area contributed by atoms with Gasteiger partial charge >= 0.3 is 5.97 Å². The number of carboxylic acids is 1. The number of anilines is 1. The predicted molar refractivity (Wildman–Crippen MR) is 120 cm³/mol. The minimum absolute atomic E-state index is 0.227. The third kappa shape index (κ3) is 3.36. The molecule has 4 rings (SSSR count). The molecule has 0 radical (unpaired) electrons. The van der Waals surface area contributed by atoms with E-state index in [0.29, 0.717) is 18.5 Å². The normalized spacial score (nSPS) is 30.8. The van der Waals surface area contributed by atoms with Crippen LogP contribution in [-0.4, -0.2) is 22.9 Å². The Morgan fingerprint density at radius 2 is 1.42 bits per heavy atom. The van der Waals surface area contributed by atoms with E-state index in [9.17, 15) is 19.5 Å². The number of imide groups is 1. The maximum atomic E-state index is 13.9. The first kappa shape index (κ1) is 21.3. The molecule has 2 unspecified atom stereocenters. The summed E-state index contributed by atoms with van der Waals surface area (Å²) in [5.41, 5.74) is 0.442. The summed E-state index contributed by atoms with van der Waals surface area (Å²) < 4.78 is 0. The first-order valence-corrected chi connectivity index (χ1v) is 10.8. The highest BCUT2D eigenvalue weighted by Gasteiger charge is 2.59. The molecule has 2 aliphatic rings. The molecular weight excluding hydrogens is 390 g/mol. The average Bonchev–Trinajstić information content (AvgIpc) is 2.88. The summed E-state index contributed by atoms with van der Waals surface area (Å²) in [6.07, 6.45) is 1.46. The van der Waals surface area contributed by atoms with Crippen LogP contribution in [0, 0.1) is 23.2 Å². The van der Waals surface area contributed by atoms with Crippen molar-refractivity contribution in [3.05, 3.63) is 54.1 Å². The minimum atomic E-state index is -1.11. The number of nitrogens with zero attached hydrogens (tertiary/aromatic N) is 1. The monoisotopic (exact) mass is 419 g/mol. The number of carboxylic acid groups (broad SMARTS) is 1. The molecule has 162 valence electrons. The molecule has 3 atom stereocenters. The summed E-state index contributed by atoms with van der Waals surface area (Å²) in [6, 6.07) is 15.7. The number of rotatable bonds is 3. The number of benzene rings is 2. The summed E-state index contributed by atoms with van der Waals surface area (Å²) in [7, 11) is 0. The second kappa shape index (κ2) is 7.04. The molecule has 1 aliphatic heterocycles. The Hall–Kier alpha value is -2.95. The smallest absolute Gasteiger partial charge is 0.309 e. The van der Waals surface area contributed by atoms with Gasteiger partial charge in [-0.15, -0.1) is 0 Å².